The summed E-state index contributed by atoms with van der Waals surface area (Å²) >= 11 is 0. The SMILES string of the molecule is COc1ccc2[nH]c3c(c2c1)C[C@@]1(C)C(=O)N(CCN2CCN(C(C)=O)CC2)C(=O)CCC1[C@@H]3c1cccc(O)c1. The third kappa shape index (κ3) is 4.76. The van der Waals surface area contributed by atoms with E-state index < -0.39 is 5.41 Å². The number of carbonyl (C=O) groups is 3. The summed E-state index contributed by atoms with van der Waals surface area (Å²) in [6, 6.07) is 13.2. The number of aromatic amines is 1. The van der Waals surface area contributed by atoms with E-state index in [9.17, 15) is 19.5 Å². The lowest BCUT2D eigenvalue weighted by Gasteiger charge is -2.45. The van der Waals surface area contributed by atoms with Gasteiger partial charge in [0.1, 0.15) is 11.5 Å². The number of H-pyrrole nitrogens is 1. The molecule has 2 aliphatic heterocycles. The van der Waals surface area contributed by atoms with Crippen molar-refractivity contribution in [3.05, 3.63) is 59.3 Å². The predicted molar refractivity (Wildman–Crippen MR) is 155 cm³/mol. The minimum Gasteiger partial charge on any atom is -0.508 e. The summed E-state index contributed by atoms with van der Waals surface area (Å²) < 4.78 is 5.53. The molecule has 3 atom stereocenters. The highest BCUT2D eigenvalue weighted by molar-refractivity contribution is 6.00. The van der Waals surface area contributed by atoms with E-state index >= 15 is 0 Å². The standard InChI is InChI=1S/C32H38N4O5/c1-20(37)35-14-11-34(12-15-35)13-16-36-28(39)10-8-26-29(21-5-4-6-22(38)17-21)30-25(19-32(26,2)31(36)40)24-18-23(41-3)7-9-27(24)33-30/h4-7,9,17-18,26,29,33,38H,8,10-16,19H2,1-3H3/t26?,29-,32+/m0/s1. The number of amides is 3. The van der Waals surface area contributed by atoms with Gasteiger partial charge in [0, 0.05) is 75.1 Å². The van der Waals surface area contributed by atoms with Crippen LogP contribution in [-0.4, -0.2) is 88.9 Å². The molecule has 2 N–H and O–H groups in total. The van der Waals surface area contributed by atoms with E-state index in [-0.39, 0.29) is 35.3 Å². The third-order valence-electron chi connectivity index (χ3n) is 9.61. The normalized spacial score (nSPS) is 25.1. The molecule has 2 saturated heterocycles. The molecule has 3 aliphatic rings. The molecule has 3 heterocycles. The lowest BCUT2D eigenvalue weighted by molar-refractivity contribution is -0.151. The first kappa shape index (κ1) is 27.3. The van der Waals surface area contributed by atoms with Gasteiger partial charge >= 0.3 is 0 Å². The fourth-order valence-electron chi connectivity index (χ4n) is 7.32. The molecule has 0 spiro atoms. The highest BCUT2D eigenvalue weighted by Gasteiger charge is 2.54. The Hall–Kier alpha value is -3.85. The van der Waals surface area contributed by atoms with Crippen LogP contribution in [0.2, 0.25) is 0 Å². The summed E-state index contributed by atoms with van der Waals surface area (Å²) in [7, 11) is 1.64. The van der Waals surface area contributed by atoms with Crippen molar-refractivity contribution in [1.82, 2.24) is 19.7 Å². The van der Waals surface area contributed by atoms with E-state index in [1.54, 1.807) is 26.2 Å². The molecule has 1 aromatic heterocycles. The molecule has 9 heteroatoms. The lowest BCUT2D eigenvalue weighted by Crippen LogP contribution is -2.53. The Kier molecular flexibility index (Phi) is 7.01. The number of aromatic nitrogens is 1. The molecule has 0 radical (unpaired) electrons. The van der Waals surface area contributed by atoms with Crippen molar-refractivity contribution in [1.29, 1.82) is 0 Å². The number of methoxy groups -OCH3 is 1. The summed E-state index contributed by atoms with van der Waals surface area (Å²) in [6.07, 6.45) is 1.38. The highest BCUT2D eigenvalue weighted by atomic mass is 16.5. The number of aromatic hydroxyl groups is 1. The van der Waals surface area contributed by atoms with Crippen molar-refractivity contribution in [3.63, 3.8) is 0 Å². The van der Waals surface area contributed by atoms with Crippen molar-refractivity contribution in [2.75, 3.05) is 46.4 Å². The zero-order valence-corrected chi connectivity index (χ0v) is 24.0. The third-order valence-corrected chi connectivity index (χ3v) is 9.61. The molecule has 9 nitrogen and oxygen atoms in total. The van der Waals surface area contributed by atoms with E-state index in [1.807, 2.05) is 42.2 Å². The van der Waals surface area contributed by atoms with Crippen LogP contribution in [0.4, 0.5) is 0 Å². The number of carbonyl (C=O) groups excluding carboxylic acids is 3. The molecule has 6 rings (SSSR count). The van der Waals surface area contributed by atoms with Crippen molar-refractivity contribution < 1.29 is 24.2 Å². The molecule has 3 amide bonds. The average molecular weight is 559 g/mol. The summed E-state index contributed by atoms with van der Waals surface area (Å²) in [6.45, 7) is 7.33. The van der Waals surface area contributed by atoms with Gasteiger partial charge in [-0.25, -0.2) is 0 Å². The quantitative estimate of drug-likeness (QED) is 0.465. The van der Waals surface area contributed by atoms with E-state index in [2.05, 4.69) is 9.88 Å². The molecule has 2 fully saturated rings. The number of phenols is 1. The minimum atomic E-state index is -0.819. The number of benzene rings is 2. The molecule has 41 heavy (non-hydrogen) atoms. The zero-order valence-electron chi connectivity index (χ0n) is 24.0. The van der Waals surface area contributed by atoms with Gasteiger partial charge < -0.3 is 19.7 Å². The number of nitrogens with zero attached hydrogens (tertiary/aromatic N) is 3. The van der Waals surface area contributed by atoms with Crippen LogP contribution >= 0.6 is 0 Å². The van der Waals surface area contributed by atoms with E-state index in [0.29, 0.717) is 45.4 Å². The maximum Gasteiger partial charge on any atom is 0.235 e. The summed E-state index contributed by atoms with van der Waals surface area (Å²) in [5, 5.41) is 11.4. The molecule has 0 bridgehead atoms. The number of ether oxygens (including phenoxy) is 1. The van der Waals surface area contributed by atoms with Gasteiger partial charge in [-0.1, -0.05) is 19.1 Å². The number of phenolic OH excluding ortho intramolecular Hbond substituents is 1. The van der Waals surface area contributed by atoms with Crippen LogP contribution in [0.25, 0.3) is 10.9 Å². The van der Waals surface area contributed by atoms with Gasteiger partial charge in [0.05, 0.1) is 12.5 Å². The summed E-state index contributed by atoms with van der Waals surface area (Å²) in [4.78, 5) is 48.9. The predicted octanol–water partition coefficient (Wildman–Crippen LogP) is 3.51. The fraction of sp³-hybridized carbons (Fsp3) is 0.469. The second-order valence-corrected chi connectivity index (χ2v) is 11.9. The summed E-state index contributed by atoms with van der Waals surface area (Å²) in [5.74, 6) is 0.427. The van der Waals surface area contributed by atoms with Crippen molar-refractivity contribution >= 4 is 28.6 Å². The van der Waals surface area contributed by atoms with Crippen LogP contribution in [0.1, 0.15) is 49.4 Å². The molecular weight excluding hydrogens is 520 g/mol. The number of rotatable bonds is 5. The molecule has 0 saturated carbocycles. The molecule has 2 aromatic carbocycles. The van der Waals surface area contributed by atoms with Crippen LogP contribution in [0.15, 0.2) is 42.5 Å². The Balaban J connectivity index is 1.36. The Bertz CT molecular complexity index is 1510. The topological polar surface area (TPSA) is 106 Å². The maximum absolute atomic E-state index is 14.5. The van der Waals surface area contributed by atoms with Crippen LogP contribution in [0.3, 0.4) is 0 Å². The van der Waals surface area contributed by atoms with Gasteiger partial charge in [-0.2, -0.15) is 0 Å². The monoisotopic (exact) mass is 558 g/mol. The number of likely N-dealkylation sites (tertiary alicyclic amines) is 1. The highest BCUT2D eigenvalue weighted by Crippen LogP contribution is 2.55. The van der Waals surface area contributed by atoms with Gasteiger partial charge in [-0.15, -0.1) is 0 Å². The van der Waals surface area contributed by atoms with Crippen LogP contribution < -0.4 is 4.74 Å². The van der Waals surface area contributed by atoms with E-state index in [1.165, 1.54) is 4.90 Å². The molecule has 1 aliphatic carbocycles. The molecule has 3 aromatic rings. The minimum absolute atomic E-state index is 0.0781. The molecular formula is C32H38N4O5. The second kappa shape index (κ2) is 10.5. The van der Waals surface area contributed by atoms with E-state index in [4.69, 9.17) is 4.74 Å². The number of hydrogen-bond donors (Lipinski definition) is 2. The Morgan fingerprint density at radius 2 is 1.88 bits per heavy atom. The maximum atomic E-state index is 14.5. The van der Waals surface area contributed by atoms with Crippen molar-refractivity contribution in [2.24, 2.45) is 11.3 Å². The zero-order chi connectivity index (χ0) is 28.9. The Morgan fingerprint density at radius 3 is 2.59 bits per heavy atom. The number of fused-ring (bicyclic) bond motifs is 4. The fourth-order valence-corrected chi connectivity index (χ4v) is 7.32. The molecule has 1 unspecified atom stereocenters. The Morgan fingerprint density at radius 1 is 1.10 bits per heavy atom. The number of hydrogen-bond acceptors (Lipinski definition) is 6. The second-order valence-electron chi connectivity index (χ2n) is 11.9. The largest absolute Gasteiger partial charge is 0.508 e. The van der Waals surface area contributed by atoms with Crippen molar-refractivity contribution in [3.8, 4) is 11.5 Å². The van der Waals surface area contributed by atoms with Crippen LogP contribution in [-0.2, 0) is 20.8 Å². The lowest BCUT2D eigenvalue weighted by atomic mass is 9.59. The van der Waals surface area contributed by atoms with Crippen molar-refractivity contribution in [2.45, 2.75) is 39.0 Å². The Labute approximate surface area is 240 Å². The first-order valence-electron chi connectivity index (χ1n) is 14.5. The number of piperazine rings is 1. The van der Waals surface area contributed by atoms with Gasteiger partial charge in [-0.05, 0) is 60.2 Å². The molecule has 216 valence electrons. The van der Waals surface area contributed by atoms with Crippen LogP contribution in [0, 0.1) is 11.3 Å². The van der Waals surface area contributed by atoms with Gasteiger partial charge in [0.2, 0.25) is 17.7 Å². The first-order chi connectivity index (χ1) is 19.7. The van der Waals surface area contributed by atoms with Gasteiger partial charge in [0.15, 0.2) is 0 Å². The summed E-state index contributed by atoms with van der Waals surface area (Å²) in [5.41, 5.74) is 3.19. The van der Waals surface area contributed by atoms with Crippen LogP contribution in [0.5, 0.6) is 11.5 Å². The first-order valence-corrected chi connectivity index (χ1v) is 14.5. The van der Waals surface area contributed by atoms with Gasteiger partial charge in [0.25, 0.3) is 0 Å². The number of nitrogens with one attached hydrogen (secondary N) is 1. The smallest absolute Gasteiger partial charge is 0.235 e. The van der Waals surface area contributed by atoms with Gasteiger partial charge in [-0.3, -0.25) is 24.2 Å². The number of imide groups is 1. The average Bonchev–Trinajstić information content (AvgIpc) is 3.28. The van der Waals surface area contributed by atoms with E-state index in [0.717, 1.165) is 46.6 Å².